The molecule has 2 nitrogen and oxygen atoms in total. The minimum absolute atomic E-state index is 0.642. The third-order valence-corrected chi connectivity index (χ3v) is 1.86. The molecule has 0 saturated carbocycles. The minimum Gasteiger partial charge on any atom is -0.497 e. The molecule has 0 radical (unpaired) electrons. The lowest BCUT2D eigenvalue weighted by atomic mass is 10.1. The van der Waals surface area contributed by atoms with E-state index in [0.29, 0.717) is 6.61 Å². The van der Waals surface area contributed by atoms with Gasteiger partial charge < -0.3 is 9.47 Å². The maximum Gasteiger partial charge on any atom is 0.119 e. The van der Waals surface area contributed by atoms with Crippen LogP contribution in [0.15, 0.2) is 18.2 Å². The van der Waals surface area contributed by atoms with Gasteiger partial charge in [-0.1, -0.05) is 6.07 Å². The van der Waals surface area contributed by atoms with Crippen molar-refractivity contribution in [2.24, 2.45) is 0 Å². The van der Waals surface area contributed by atoms with Crippen molar-refractivity contribution in [1.82, 2.24) is 0 Å². The lowest BCUT2D eigenvalue weighted by molar-refractivity contribution is 0.184. The van der Waals surface area contributed by atoms with Gasteiger partial charge in [0.15, 0.2) is 0 Å². The summed E-state index contributed by atoms with van der Waals surface area (Å²) in [5, 5.41) is 0. The molecular formula is C10H14O2. The molecule has 0 amide bonds. The average molecular weight is 166 g/mol. The molecule has 0 aliphatic rings. The van der Waals surface area contributed by atoms with E-state index in [2.05, 4.69) is 6.92 Å². The van der Waals surface area contributed by atoms with Crippen LogP contribution >= 0.6 is 0 Å². The first-order chi connectivity index (χ1) is 5.77. The fraction of sp³-hybridized carbons (Fsp3) is 0.400. The number of hydrogen-bond donors (Lipinski definition) is 0. The zero-order chi connectivity index (χ0) is 8.97. The molecule has 1 aromatic rings. The molecule has 0 aliphatic heterocycles. The maximum absolute atomic E-state index is 5.10. The summed E-state index contributed by atoms with van der Waals surface area (Å²) >= 11 is 0. The predicted molar refractivity (Wildman–Crippen MR) is 48.4 cm³/mol. The van der Waals surface area contributed by atoms with Gasteiger partial charge in [0.05, 0.1) is 13.7 Å². The first kappa shape index (κ1) is 9.07. The zero-order valence-electron chi connectivity index (χ0n) is 7.76. The van der Waals surface area contributed by atoms with Crippen LogP contribution in [0, 0.1) is 6.92 Å². The molecule has 66 valence electrons. The molecule has 0 spiro atoms. The van der Waals surface area contributed by atoms with E-state index in [1.807, 2.05) is 18.2 Å². The van der Waals surface area contributed by atoms with Crippen molar-refractivity contribution in [1.29, 1.82) is 0 Å². The van der Waals surface area contributed by atoms with Gasteiger partial charge >= 0.3 is 0 Å². The maximum atomic E-state index is 5.10. The van der Waals surface area contributed by atoms with Gasteiger partial charge in [0.2, 0.25) is 0 Å². The third kappa shape index (κ3) is 1.98. The Bertz CT molecular complexity index is 256. The van der Waals surface area contributed by atoms with Crippen LogP contribution in [-0.2, 0) is 11.3 Å². The Morgan fingerprint density at radius 1 is 1.25 bits per heavy atom. The molecule has 0 fully saturated rings. The summed E-state index contributed by atoms with van der Waals surface area (Å²) in [6.07, 6.45) is 0. The number of aryl methyl sites for hydroxylation is 1. The first-order valence-electron chi connectivity index (χ1n) is 3.90. The summed E-state index contributed by atoms with van der Waals surface area (Å²) in [7, 11) is 3.36. The van der Waals surface area contributed by atoms with E-state index < -0.39 is 0 Å². The Labute approximate surface area is 73.1 Å². The van der Waals surface area contributed by atoms with E-state index in [1.54, 1.807) is 14.2 Å². The second-order valence-corrected chi connectivity index (χ2v) is 2.73. The van der Waals surface area contributed by atoms with Crippen LogP contribution in [0.5, 0.6) is 5.75 Å². The molecule has 0 atom stereocenters. The Hall–Kier alpha value is -1.02. The summed E-state index contributed by atoms with van der Waals surface area (Å²) in [5.41, 5.74) is 2.41. The van der Waals surface area contributed by atoms with Crippen LogP contribution in [0.3, 0.4) is 0 Å². The largest absolute Gasteiger partial charge is 0.497 e. The topological polar surface area (TPSA) is 18.5 Å². The zero-order valence-corrected chi connectivity index (χ0v) is 7.76. The molecule has 2 heteroatoms. The normalized spacial score (nSPS) is 9.92. The molecule has 0 aliphatic carbocycles. The fourth-order valence-electron chi connectivity index (χ4n) is 1.09. The van der Waals surface area contributed by atoms with E-state index in [1.165, 1.54) is 11.1 Å². The van der Waals surface area contributed by atoms with Crippen molar-refractivity contribution in [2.45, 2.75) is 13.5 Å². The van der Waals surface area contributed by atoms with Gasteiger partial charge in [-0.15, -0.1) is 0 Å². The van der Waals surface area contributed by atoms with Crippen molar-refractivity contribution in [3.63, 3.8) is 0 Å². The number of ether oxygens (including phenoxy) is 2. The van der Waals surface area contributed by atoms with Crippen LogP contribution in [0.1, 0.15) is 11.1 Å². The van der Waals surface area contributed by atoms with Crippen LogP contribution < -0.4 is 4.74 Å². The highest BCUT2D eigenvalue weighted by Crippen LogP contribution is 2.17. The molecule has 0 bridgehead atoms. The number of rotatable bonds is 3. The van der Waals surface area contributed by atoms with Crippen molar-refractivity contribution in [3.8, 4) is 5.75 Å². The monoisotopic (exact) mass is 166 g/mol. The van der Waals surface area contributed by atoms with E-state index in [0.717, 1.165) is 5.75 Å². The van der Waals surface area contributed by atoms with Crippen LogP contribution in [0.25, 0.3) is 0 Å². The Kier molecular flexibility index (Phi) is 3.11. The fourth-order valence-corrected chi connectivity index (χ4v) is 1.09. The first-order valence-corrected chi connectivity index (χ1v) is 3.90. The number of benzene rings is 1. The van der Waals surface area contributed by atoms with E-state index in [-0.39, 0.29) is 0 Å². The van der Waals surface area contributed by atoms with Gasteiger partial charge in [-0.3, -0.25) is 0 Å². The highest BCUT2D eigenvalue weighted by Gasteiger charge is 1.99. The summed E-state index contributed by atoms with van der Waals surface area (Å²) < 4.78 is 10.2. The number of methoxy groups -OCH3 is 2. The standard InChI is InChI=1S/C10H14O2/c1-8-4-5-10(12-3)6-9(8)7-11-2/h4-6H,7H2,1-3H3. The van der Waals surface area contributed by atoms with Crippen LogP contribution in [0.2, 0.25) is 0 Å². The Morgan fingerprint density at radius 3 is 2.58 bits per heavy atom. The lowest BCUT2D eigenvalue weighted by Gasteiger charge is -2.06. The van der Waals surface area contributed by atoms with Gasteiger partial charge in [0, 0.05) is 7.11 Å². The van der Waals surface area contributed by atoms with Crippen LogP contribution in [0.4, 0.5) is 0 Å². The molecule has 0 heterocycles. The Balaban J connectivity index is 2.91. The molecule has 0 aromatic heterocycles. The van der Waals surface area contributed by atoms with E-state index in [9.17, 15) is 0 Å². The third-order valence-electron chi connectivity index (χ3n) is 1.86. The van der Waals surface area contributed by atoms with Crippen molar-refractivity contribution < 1.29 is 9.47 Å². The van der Waals surface area contributed by atoms with Gasteiger partial charge in [-0.2, -0.15) is 0 Å². The van der Waals surface area contributed by atoms with E-state index >= 15 is 0 Å². The smallest absolute Gasteiger partial charge is 0.119 e. The SMILES string of the molecule is COCc1cc(OC)ccc1C. The summed E-state index contributed by atoms with van der Waals surface area (Å²) in [4.78, 5) is 0. The quantitative estimate of drug-likeness (QED) is 0.685. The van der Waals surface area contributed by atoms with Gasteiger partial charge in [-0.05, 0) is 30.2 Å². The van der Waals surface area contributed by atoms with E-state index in [4.69, 9.17) is 9.47 Å². The van der Waals surface area contributed by atoms with Gasteiger partial charge in [0.1, 0.15) is 5.75 Å². The molecule has 1 aromatic carbocycles. The molecule has 1 rings (SSSR count). The molecule has 0 N–H and O–H groups in total. The molecule has 12 heavy (non-hydrogen) atoms. The molecule has 0 unspecified atom stereocenters. The number of hydrogen-bond acceptors (Lipinski definition) is 2. The summed E-state index contributed by atoms with van der Waals surface area (Å²) in [6.45, 7) is 2.71. The van der Waals surface area contributed by atoms with Crippen LogP contribution in [-0.4, -0.2) is 14.2 Å². The van der Waals surface area contributed by atoms with Gasteiger partial charge in [0.25, 0.3) is 0 Å². The van der Waals surface area contributed by atoms with Crippen molar-refractivity contribution >= 4 is 0 Å². The summed E-state index contributed by atoms with van der Waals surface area (Å²) in [6, 6.07) is 5.99. The highest BCUT2D eigenvalue weighted by molar-refractivity contribution is 5.34. The lowest BCUT2D eigenvalue weighted by Crippen LogP contribution is -1.92. The predicted octanol–water partition coefficient (Wildman–Crippen LogP) is 2.15. The second kappa shape index (κ2) is 4.12. The van der Waals surface area contributed by atoms with Crippen molar-refractivity contribution in [2.75, 3.05) is 14.2 Å². The highest BCUT2D eigenvalue weighted by atomic mass is 16.5. The average Bonchev–Trinajstić information content (AvgIpc) is 2.09. The molecule has 0 saturated heterocycles. The Morgan fingerprint density at radius 2 is 2.00 bits per heavy atom. The minimum atomic E-state index is 0.642. The molecular weight excluding hydrogens is 152 g/mol. The van der Waals surface area contributed by atoms with Gasteiger partial charge in [-0.25, -0.2) is 0 Å². The summed E-state index contributed by atoms with van der Waals surface area (Å²) in [5.74, 6) is 0.882. The van der Waals surface area contributed by atoms with Crippen molar-refractivity contribution in [3.05, 3.63) is 29.3 Å². The second-order valence-electron chi connectivity index (χ2n) is 2.73.